The monoisotopic (exact) mass is 357 g/mol. The van der Waals surface area contributed by atoms with Crippen molar-refractivity contribution in [2.75, 3.05) is 12.0 Å². The topological polar surface area (TPSA) is 63.3 Å². The summed E-state index contributed by atoms with van der Waals surface area (Å²) >= 11 is 1.60. The average Bonchev–Trinajstić information content (AvgIpc) is 1.82. The van der Waals surface area contributed by atoms with Crippen molar-refractivity contribution in [2.45, 2.75) is 12.5 Å². The molecule has 0 fully saturated rings. The summed E-state index contributed by atoms with van der Waals surface area (Å²) in [5, 5.41) is 8.27. The van der Waals surface area contributed by atoms with E-state index in [9.17, 15) is 4.79 Å². The van der Waals surface area contributed by atoms with Gasteiger partial charge in [0.15, 0.2) is 0 Å². The molecule has 0 saturated heterocycles. The number of carboxylic acid groups (broad SMARTS) is 1. The van der Waals surface area contributed by atoms with Crippen LogP contribution in [0.25, 0.3) is 0 Å². The van der Waals surface area contributed by atoms with Crippen molar-refractivity contribution < 1.29 is 9.90 Å². The molecule has 0 aliphatic heterocycles. The molecule has 3 N–H and O–H groups in total. The van der Waals surface area contributed by atoms with E-state index in [1.807, 2.05) is 6.26 Å². The van der Waals surface area contributed by atoms with Gasteiger partial charge in [0.2, 0.25) is 0 Å². The maximum atomic E-state index is 10.1. The average molecular weight is 356 g/mol. The molecule has 0 saturated carbocycles. The van der Waals surface area contributed by atoms with E-state index in [2.05, 4.69) is 0 Å². The van der Waals surface area contributed by atoms with Gasteiger partial charge >= 0.3 is 5.97 Å². The van der Waals surface area contributed by atoms with Crippen LogP contribution in [0.15, 0.2) is 0 Å². The first-order chi connectivity index (χ1) is 4.18. The molecule has 5 heteroatoms. The minimum Gasteiger partial charge on any atom is -0.480 e. The summed E-state index contributed by atoms with van der Waals surface area (Å²) in [6, 6.07) is -0.683. The van der Waals surface area contributed by atoms with Gasteiger partial charge in [-0.25, -0.2) is 0 Å². The molecule has 1 atom stereocenters. The third kappa shape index (κ3) is 6.82. The Balaban J connectivity index is 0. The zero-order valence-electron chi connectivity index (χ0n) is 5.83. The maximum absolute atomic E-state index is 10.1. The molecule has 0 spiro atoms. The van der Waals surface area contributed by atoms with Gasteiger partial charge in [-0.2, -0.15) is 11.8 Å². The van der Waals surface area contributed by atoms with Crippen molar-refractivity contribution in [2.24, 2.45) is 5.73 Å². The molecule has 0 aliphatic carbocycles. The summed E-state index contributed by atoms with van der Waals surface area (Å²) in [6.45, 7) is 0. The van der Waals surface area contributed by atoms with E-state index < -0.39 is 12.0 Å². The Bertz CT molecular complexity index is 102. The minimum atomic E-state index is -0.913. The first-order valence-electron chi connectivity index (χ1n) is 2.65. The Morgan fingerprint density at radius 1 is 1.80 bits per heavy atom. The van der Waals surface area contributed by atoms with Crippen LogP contribution in [0.4, 0.5) is 0 Å². The fourth-order valence-corrected chi connectivity index (χ4v) is 0.858. The molecular formula is C5H11NO2PbS. The summed E-state index contributed by atoms with van der Waals surface area (Å²) in [4.78, 5) is 10.1. The van der Waals surface area contributed by atoms with Gasteiger partial charge in [0.1, 0.15) is 6.04 Å². The molecule has 10 heavy (non-hydrogen) atoms. The molecule has 58 valence electrons. The molecule has 0 aromatic rings. The molecule has 0 amide bonds. The molecule has 0 rings (SSSR count). The number of aliphatic carboxylic acids is 1. The van der Waals surface area contributed by atoms with Crippen LogP contribution >= 0.6 is 11.8 Å². The van der Waals surface area contributed by atoms with Gasteiger partial charge in [-0.15, -0.1) is 0 Å². The second-order valence-corrected chi connectivity index (χ2v) is 2.71. The SMILES string of the molecule is CSCCC(N)C(=O)O.[Pb]. The minimum absolute atomic E-state index is 0. The van der Waals surface area contributed by atoms with E-state index in [1.165, 1.54) is 0 Å². The third-order valence-electron chi connectivity index (χ3n) is 0.950. The number of nitrogens with two attached hydrogens (primary N) is 1. The van der Waals surface area contributed by atoms with Gasteiger partial charge < -0.3 is 10.8 Å². The van der Waals surface area contributed by atoms with E-state index in [0.29, 0.717) is 6.42 Å². The van der Waals surface area contributed by atoms with Crippen LogP contribution in [0.2, 0.25) is 0 Å². The van der Waals surface area contributed by atoms with Crippen molar-refractivity contribution in [3.05, 3.63) is 0 Å². The van der Waals surface area contributed by atoms with Gasteiger partial charge in [-0.3, -0.25) is 4.79 Å². The van der Waals surface area contributed by atoms with Gasteiger partial charge in [0, 0.05) is 27.3 Å². The second-order valence-electron chi connectivity index (χ2n) is 1.73. The first kappa shape index (κ1) is 13.3. The fraction of sp³-hybridized carbons (Fsp3) is 0.800. The first-order valence-corrected chi connectivity index (χ1v) is 4.05. The summed E-state index contributed by atoms with van der Waals surface area (Å²) in [5.74, 6) is -0.1000. The molecule has 1 unspecified atom stereocenters. The predicted molar refractivity (Wildman–Crippen MR) is 44.4 cm³/mol. The van der Waals surface area contributed by atoms with E-state index >= 15 is 0 Å². The number of hydrogen-bond donors (Lipinski definition) is 2. The maximum Gasteiger partial charge on any atom is 0.320 e. The van der Waals surface area contributed by atoms with E-state index in [-0.39, 0.29) is 27.3 Å². The van der Waals surface area contributed by atoms with Crippen molar-refractivity contribution in [1.82, 2.24) is 0 Å². The quantitative estimate of drug-likeness (QED) is 0.683. The Labute approximate surface area is 84.9 Å². The van der Waals surface area contributed by atoms with E-state index in [0.717, 1.165) is 5.75 Å². The number of carbonyl (C=O) groups is 1. The molecule has 0 bridgehead atoms. The standard InChI is InChI=1S/C5H11NO2S.Pb/c1-9-3-2-4(6)5(7)8;/h4H,2-3,6H2,1H3,(H,7,8);. The predicted octanol–water partition coefficient (Wildman–Crippen LogP) is -0.229. The van der Waals surface area contributed by atoms with Crippen LogP contribution in [0.1, 0.15) is 6.42 Å². The summed E-state index contributed by atoms with van der Waals surface area (Å²) in [6.07, 6.45) is 2.48. The van der Waals surface area contributed by atoms with Crippen LogP contribution in [0.3, 0.4) is 0 Å². The van der Waals surface area contributed by atoms with Gasteiger partial charge in [0.05, 0.1) is 0 Å². The zero-order chi connectivity index (χ0) is 7.28. The zero-order valence-corrected chi connectivity index (χ0v) is 10.5. The largest absolute Gasteiger partial charge is 0.480 e. The molecule has 0 aliphatic rings. The third-order valence-corrected chi connectivity index (χ3v) is 1.59. The Kier molecular flexibility index (Phi) is 10.4. The van der Waals surface area contributed by atoms with Gasteiger partial charge in [-0.05, 0) is 18.4 Å². The van der Waals surface area contributed by atoms with Crippen LogP contribution in [-0.2, 0) is 4.79 Å². The van der Waals surface area contributed by atoms with Crippen molar-refractivity contribution >= 4 is 45.0 Å². The number of carboxylic acids is 1. The van der Waals surface area contributed by atoms with Crippen LogP contribution < -0.4 is 5.73 Å². The summed E-state index contributed by atoms with van der Waals surface area (Å²) < 4.78 is 0. The van der Waals surface area contributed by atoms with Gasteiger partial charge in [-0.1, -0.05) is 0 Å². The van der Waals surface area contributed by atoms with Crippen LogP contribution in [0.5, 0.6) is 0 Å². The number of hydrogen-bond acceptors (Lipinski definition) is 3. The Morgan fingerprint density at radius 3 is 2.60 bits per heavy atom. The summed E-state index contributed by atoms with van der Waals surface area (Å²) in [5.41, 5.74) is 5.19. The van der Waals surface area contributed by atoms with Crippen LogP contribution in [0, 0.1) is 0 Å². The van der Waals surface area contributed by atoms with Crippen molar-refractivity contribution in [3.8, 4) is 0 Å². The number of rotatable bonds is 4. The molecule has 0 aromatic heterocycles. The van der Waals surface area contributed by atoms with Crippen LogP contribution in [-0.4, -0.2) is 56.4 Å². The molecular weight excluding hydrogens is 345 g/mol. The van der Waals surface area contributed by atoms with Crippen molar-refractivity contribution in [1.29, 1.82) is 0 Å². The van der Waals surface area contributed by atoms with Gasteiger partial charge in [0.25, 0.3) is 0 Å². The normalized spacial score (nSPS) is 11.8. The van der Waals surface area contributed by atoms with Crippen molar-refractivity contribution in [3.63, 3.8) is 0 Å². The molecule has 3 nitrogen and oxygen atoms in total. The van der Waals surface area contributed by atoms with E-state index in [4.69, 9.17) is 10.8 Å². The number of thioether (sulfide) groups is 1. The van der Waals surface area contributed by atoms with E-state index in [1.54, 1.807) is 11.8 Å². The molecule has 0 heterocycles. The smallest absolute Gasteiger partial charge is 0.320 e. The Morgan fingerprint density at radius 2 is 2.30 bits per heavy atom. The second kappa shape index (κ2) is 7.81. The fourth-order valence-electron chi connectivity index (χ4n) is 0.368. The Hall–Kier alpha value is 0.702. The summed E-state index contributed by atoms with van der Waals surface area (Å²) in [7, 11) is 0. The molecule has 4 radical (unpaired) electrons. The molecule has 0 aromatic carbocycles.